The van der Waals surface area contributed by atoms with Crippen molar-refractivity contribution in [2.45, 2.75) is 33.6 Å². The normalized spacial score (nSPS) is 11.7. The molecule has 1 rings (SSSR count). The third kappa shape index (κ3) is 16.5. The first kappa shape index (κ1) is 35.6. The Morgan fingerprint density at radius 1 is 0.805 bits per heavy atom. The number of likely N-dealkylation sites (N-methyl/N-ethyl adjacent to an activating group) is 2. The summed E-state index contributed by atoms with van der Waals surface area (Å²) in [7, 11) is 3.70. The summed E-state index contributed by atoms with van der Waals surface area (Å²) < 4.78 is 0. The van der Waals surface area contributed by atoms with Crippen molar-refractivity contribution in [2.75, 3.05) is 90.3 Å². The number of nitrogens with one attached hydrogen (secondary N) is 2. The van der Waals surface area contributed by atoms with Gasteiger partial charge in [-0.05, 0) is 53.4 Å². The number of carbonyl (C=O) groups excluding carboxylic acids is 4. The molecule has 1 aromatic carbocycles. The number of hydrogen-bond acceptors (Lipinski definition) is 10. The SMILES string of the molecule is CC(=O)CN(C)CCN(CCN(CCN(C)CC(C)=O)C(=O)CCCN=C(N)Nc1ccccc1NO)CC(C)=O. The molecule has 0 saturated carbocycles. The molecule has 0 bridgehead atoms. The molecule has 13 nitrogen and oxygen atoms in total. The fourth-order valence-electron chi connectivity index (χ4n) is 4.19. The molecule has 0 aliphatic rings. The molecule has 0 fully saturated rings. The highest BCUT2D eigenvalue weighted by Crippen LogP contribution is 2.19. The summed E-state index contributed by atoms with van der Waals surface area (Å²) in [5, 5.41) is 12.1. The Hall–Kier alpha value is -3.39. The van der Waals surface area contributed by atoms with E-state index in [1.165, 1.54) is 13.8 Å². The zero-order valence-corrected chi connectivity index (χ0v) is 25.2. The summed E-state index contributed by atoms with van der Waals surface area (Å²) in [5.41, 5.74) is 9.08. The first-order valence-electron chi connectivity index (χ1n) is 13.8. The molecule has 1 aromatic rings. The van der Waals surface area contributed by atoms with Gasteiger partial charge in [-0.25, -0.2) is 0 Å². The smallest absolute Gasteiger partial charge is 0.222 e. The van der Waals surface area contributed by atoms with E-state index in [-0.39, 0.29) is 42.2 Å². The Morgan fingerprint density at radius 2 is 1.32 bits per heavy atom. The summed E-state index contributed by atoms with van der Waals surface area (Å²) in [6, 6.07) is 6.97. The Bertz CT molecular complexity index is 1020. The minimum absolute atomic E-state index is 0.0275. The monoisotopic (exact) mass is 576 g/mol. The summed E-state index contributed by atoms with van der Waals surface area (Å²) in [5.74, 6) is 0.270. The van der Waals surface area contributed by atoms with Gasteiger partial charge in [0.15, 0.2) is 5.96 Å². The number of amides is 1. The fourth-order valence-corrected chi connectivity index (χ4v) is 4.19. The largest absolute Gasteiger partial charge is 0.370 e. The van der Waals surface area contributed by atoms with E-state index >= 15 is 0 Å². The number of anilines is 2. The molecule has 0 spiro atoms. The van der Waals surface area contributed by atoms with Crippen LogP contribution in [0.15, 0.2) is 29.3 Å². The molecule has 0 atom stereocenters. The zero-order valence-electron chi connectivity index (χ0n) is 25.2. The number of Topliss-reactive ketones (excluding diaryl/α,β-unsaturated/α-hetero) is 3. The first-order valence-corrected chi connectivity index (χ1v) is 13.8. The molecule has 230 valence electrons. The summed E-state index contributed by atoms with van der Waals surface area (Å²) in [4.78, 5) is 59.8. The van der Waals surface area contributed by atoms with Crippen LogP contribution in [0.2, 0.25) is 0 Å². The number of nitrogens with two attached hydrogens (primary N) is 1. The van der Waals surface area contributed by atoms with Crippen molar-refractivity contribution in [2.24, 2.45) is 10.7 Å². The van der Waals surface area contributed by atoms with E-state index in [0.29, 0.717) is 76.7 Å². The van der Waals surface area contributed by atoms with Crippen LogP contribution in [0.5, 0.6) is 0 Å². The predicted octanol–water partition coefficient (Wildman–Crippen LogP) is 0.756. The van der Waals surface area contributed by atoms with E-state index in [0.717, 1.165) is 0 Å². The van der Waals surface area contributed by atoms with Crippen molar-refractivity contribution >= 4 is 40.6 Å². The van der Waals surface area contributed by atoms with Gasteiger partial charge < -0.3 is 16.0 Å². The van der Waals surface area contributed by atoms with Crippen LogP contribution in [0.25, 0.3) is 0 Å². The van der Waals surface area contributed by atoms with Gasteiger partial charge in [0.2, 0.25) is 5.91 Å². The van der Waals surface area contributed by atoms with E-state index in [2.05, 4.69) is 15.8 Å². The standard InChI is InChI=1S/C28H48N8O5/c1-22(37)19-33(4)13-15-35(21-24(3)39)16-18-36(17-14-34(5)20-23(2)38)27(40)11-8-12-30-28(29)31-25-9-6-7-10-26(25)32-41/h6-7,9-10,32,41H,8,11-21H2,1-5H3,(H3,29,30,31). The van der Waals surface area contributed by atoms with E-state index in [1.54, 1.807) is 36.1 Å². The van der Waals surface area contributed by atoms with Crippen LogP contribution in [-0.4, -0.2) is 134 Å². The number of aliphatic imine (C=N–C) groups is 1. The number of benzene rings is 1. The maximum Gasteiger partial charge on any atom is 0.222 e. The second-order valence-electron chi connectivity index (χ2n) is 10.4. The second kappa shape index (κ2) is 19.6. The lowest BCUT2D eigenvalue weighted by atomic mass is 10.2. The lowest BCUT2D eigenvalue weighted by Crippen LogP contribution is -2.45. The molecular formula is C28H48N8O5. The molecule has 0 radical (unpaired) electrons. The Labute approximate surface area is 243 Å². The highest BCUT2D eigenvalue weighted by molar-refractivity contribution is 5.95. The van der Waals surface area contributed by atoms with Crippen LogP contribution >= 0.6 is 0 Å². The Kier molecular flexibility index (Phi) is 17.1. The summed E-state index contributed by atoms with van der Waals surface area (Å²) in [6.45, 7) is 8.95. The molecule has 5 N–H and O–H groups in total. The number of ketones is 3. The number of nitrogens with zero attached hydrogens (tertiary/aromatic N) is 5. The Balaban J connectivity index is 2.76. The molecule has 0 saturated heterocycles. The van der Waals surface area contributed by atoms with Gasteiger partial charge >= 0.3 is 0 Å². The van der Waals surface area contributed by atoms with Crippen molar-refractivity contribution in [1.29, 1.82) is 0 Å². The lowest BCUT2D eigenvalue weighted by Gasteiger charge is -2.29. The zero-order chi connectivity index (χ0) is 30.8. The van der Waals surface area contributed by atoms with Crippen LogP contribution < -0.4 is 16.5 Å². The minimum atomic E-state index is -0.0470. The van der Waals surface area contributed by atoms with Gasteiger partial charge in [-0.1, -0.05) is 12.1 Å². The average Bonchev–Trinajstić information content (AvgIpc) is 2.88. The number of rotatable bonds is 21. The molecule has 0 aliphatic heterocycles. The molecular weight excluding hydrogens is 528 g/mol. The minimum Gasteiger partial charge on any atom is -0.370 e. The highest BCUT2D eigenvalue weighted by atomic mass is 16.5. The molecule has 0 unspecified atom stereocenters. The van der Waals surface area contributed by atoms with Crippen LogP contribution in [0.4, 0.5) is 11.4 Å². The third-order valence-corrected chi connectivity index (χ3v) is 6.16. The second-order valence-corrected chi connectivity index (χ2v) is 10.4. The van der Waals surface area contributed by atoms with E-state index in [4.69, 9.17) is 5.73 Å². The first-order chi connectivity index (χ1) is 19.4. The van der Waals surface area contributed by atoms with Crippen molar-refractivity contribution < 1.29 is 24.4 Å². The number of carbonyl (C=O) groups is 4. The van der Waals surface area contributed by atoms with Crippen molar-refractivity contribution in [3.8, 4) is 0 Å². The van der Waals surface area contributed by atoms with Gasteiger partial charge in [-0.2, -0.15) is 0 Å². The van der Waals surface area contributed by atoms with Crippen LogP contribution in [0.1, 0.15) is 33.6 Å². The third-order valence-electron chi connectivity index (χ3n) is 6.16. The quantitative estimate of drug-likeness (QED) is 0.0707. The molecule has 0 aliphatic carbocycles. The molecule has 0 aromatic heterocycles. The van der Waals surface area contributed by atoms with Crippen molar-refractivity contribution in [3.05, 3.63) is 24.3 Å². The number of guanidine groups is 1. The van der Waals surface area contributed by atoms with E-state index in [1.807, 2.05) is 28.8 Å². The van der Waals surface area contributed by atoms with Gasteiger partial charge in [0.1, 0.15) is 17.3 Å². The highest BCUT2D eigenvalue weighted by Gasteiger charge is 2.17. The number of para-hydroxylation sites is 2. The van der Waals surface area contributed by atoms with E-state index in [9.17, 15) is 24.4 Å². The maximum atomic E-state index is 13.2. The topological polar surface area (TPSA) is 164 Å². The van der Waals surface area contributed by atoms with Gasteiger partial charge in [0.25, 0.3) is 0 Å². The fraction of sp³-hybridized carbons (Fsp3) is 0.607. The number of hydrogen-bond donors (Lipinski definition) is 4. The molecule has 13 heteroatoms. The van der Waals surface area contributed by atoms with Crippen LogP contribution in [0.3, 0.4) is 0 Å². The predicted molar refractivity (Wildman–Crippen MR) is 161 cm³/mol. The Morgan fingerprint density at radius 3 is 1.88 bits per heavy atom. The van der Waals surface area contributed by atoms with Crippen molar-refractivity contribution in [1.82, 2.24) is 19.6 Å². The van der Waals surface area contributed by atoms with E-state index < -0.39 is 0 Å². The van der Waals surface area contributed by atoms with Gasteiger partial charge in [0, 0.05) is 52.2 Å². The lowest BCUT2D eigenvalue weighted by molar-refractivity contribution is -0.131. The molecule has 0 heterocycles. The van der Waals surface area contributed by atoms with Gasteiger partial charge in [0.05, 0.1) is 31.0 Å². The molecule has 1 amide bonds. The van der Waals surface area contributed by atoms with Crippen LogP contribution in [-0.2, 0) is 19.2 Å². The summed E-state index contributed by atoms with van der Waals surface area (Å²) >= 11 is 0. The molecule has 41 heavy (non-hydrogen) atoms. The van der Waals surface area contributed by atoms with Gasteiger partial charge in [-0.15, -0.1) is 0 Å². The average molecular weight is 577 g/mol. The van der Waals surface area contributed by atoms with Crippen LogP contribution in [0, 0.1) is 0 Å². The summed E-state index contributed by atoms with van der Waals surface area (Å²) in [6.07, 6.45) is 0.740. The van der Waals surface area contributed by atoms with Gasteiger partial charge in [-0.3, -0.25) is 49.6 Å². The van der Waals surface area contributed by atoms with Crippen molar-refractivity contribution in [3.63, 3.8) is 0 Å². The maximum absolute atomic E-state index is 13.2.